The highest BCUT2D eigenvalue weighted by molar-refractivity contribution is 5.64. The summed E-state index contributed by atoms with van der Waals surface area (Å²) < 4.78 is 0. The minimum absolute atomic E-state index is 0.209. The van der Waals surface area contributed by atoms with Gasteiger partial charge in [-0.15, -0.1) is 0 Å². The second-order valence-corrected chi connectivity index (χ2v) is 3.60. The van der Waals surface area contributed by atoms with Gasteiger partial charge < -0.3 is 15.2 Å². The van der Waals surface area contributed by atoms with E-state index in [-0.39, 0.29) is 5.92 Å². The van der Waals surface area contributed by atoms with Gasteiger partial charge in [0.2, 0.25) is 0 Å². The van der Waals surface area contributed by atoms with E-state index in [2.05, 4.69) is 5.32 Å². The molecule has 0 unspecified atom stereocenters. The lowest BCUT2D eigenvalue weighted by atomic mass is 9.83. The molecule has 0 heterocycles. The summed E-state index contributed by atoms with van der Waals surface area (Å²) >= 11 is 0. The zero-order valence-corrected chi connectivity index (χ0v) is 7.53. The zero-order chi connectivity index (χ0) is 9.68. The molecule has 0 aromatic carbocycles. The van der Waals surface area contributed by atoms with Crippen molar-refractivity contribution in [3.05, 3.63) is 0 Å². The van der Waals surface area contributed by atoms with Crippen LogP contribution in [0.5, 0.6) is 0 Å². The highest BCUT2D eigenvalue weighted by Crippen LogP contribution is 2.26. The molecule has 2 N–H and O–H groups in total. The number of hydrogen-bond donors (Lipinski definition) is 2. The summed E-state index contributed by atoms with van der Waals surface area (Å²) in [6.07, 6.45) is 3.80. The van der Waals surface area contributed by atoms with Crippen LogP contribution in [-0.4, -0.2) is 24.0 Å². The predicted octanol–water partition coefficient (Wildman–Crippen LogP) is 1.26. The fourth-order valence-corrected chi connectivity index (χ4v) is 1.76. The molecule has 0 bridgehead atoms. The Morgan fingerprint density at radius 3 is 2.46 bits per heavy atom. The quantitative estimate of drug-likeness (QED) is 0.650. The van der Waals surface area contributed by atoms with Gasteiger partial charge in [0.15, 0.2) is 0 Å². The first kappa shape index (κ1) is 10.0. The first-order chi connectivity index (χ1) is 6.22. The lowest BCUT2D eigenvalue weighted by Crippen LogP contribution is -2.30. The average molecular weight is 185 g/mol. The van der Waals surface area contributed by atoms with Gasteiger partial charge in [-0.3, -0.25) is 0 Å². The number of carbonyl (C=O) groups is 2. The van der Waals surface area contributed by atoms with E-state index < -0.39 is 6.09 Å². The van der Waals surface area contributed by atoms with Crippen LogP contribution in [-0.2, 0) is 4.79 Å². The smallest absolute Gasteiger partial charge is 0.404 e. The Balaban J connectivity index is 2.17. The van der Waals surface area contributed by atoms with E-state index >= 15 is 0 Å². The normalized spacial score (nSPS) is 28.0. The molecule has 0 aromatic heterocycles. The van der Waals surface area contributed by atoms with Crippen LogP contribution in [0.4, 0.5) is 4.79 Å². The summed E-state index contributed by atoms with van der Waals surface area (Å²) in [6.45, 7) is 0.529. The number of rotatable bonds is 3. The van der Waals surface area contributed by atoms with E-state index in [1.807, 2.05) is 0 Å². The topological polar surface area (TPSA) is 66.4 Å². The molecule has 13 heavy (non-hydrogen) atoms. The van der Waals surface area contributed by atoms with Crippen molar-refractivity contribution in [2.24, 2.45) is 11.8 Å². The van der Waals surface area contributed by atoms with Gasteiger partial charge >= 0.3 is 6.09 Å². The third-order valence-corrected chi connectivity index (χ3v) is 2.63. The molecular weight excluding hydrogens is 170 g/mol. The van der Waals surface area contributed by atoms with Crippen molar-refractivity contribution in [2.45, 2.75) is 25.7 Å². The Morgan fingerprint density at radius 1 is 1.38 bits per heavy atom. The Labute approximate surface area is 77.3 Å². The van der Waals surface area contributed by atoms with Crippen LogP contribution in [0.2, 0.25) is 0 Å². The Kier molecular flexibility index (Phi) is 3.73. The summed E-state index contributed by atoms with van der Waals surface area (Å²) in [5.41, 5.74) is 0. The summed E-state index contributed by atoms with van der Waals surface area (Å²) in [7, 11) is 0. The van der Waals surface area contributed by atoms with Gasteiger partial charge in [-0.1, -0.05) is 0 Å². The SMILES string of the molecule is O=CC1CCC(CNC(=O)O)CC1. The molecule has 74 valence electrons. The monoisotopic (exact) mass is 185 g/mol. The van der Waals surface area contributed by atoms with Crippen molar-refractivity contribution >= 4 is 12.4 Å². The lowest BCUT2D eigenvalue weighted by molar-refractivity contribution is -0.112. The molecule has 1 aliphatic rings. The van der Waals surface area contributed by atoms with Gasteiger partial charge in [0.25, 0.3) is 0 Å². The largest absolute Gasteiger partial charge is 0.465 e. The van der Waals surface area contributed by atoms with E-state index in [9.17, 15) is 9.59 Å². The molecule has 1 amide bonds. The third-order valence-electron chi connectivity index (χ3n) is 2.63. The second kappa shape index (κ2) is 4.84. The molecule has 4 nitrogen and oxygen atoms in total. The molecule has 0 aromatic rings. The fraction of sp³-hybridized carbons (Fsp3) is 0.778. The molecule has 0 radical (unpaired) electrons. The van der Waals surface area contributed by atoms with Crippen molar-refractivity contribution in [1.29, 1.82) is 0 Å². The lowest BCUT2D eigenvalue weighted by Gasteiger charge is -2.24. The number of nitrogens with one attached hydrogen (secondary N) is 1. The van der Waals surface area contributed by atoms with E-state index in [1.54, 1.807) is 0 Å². The minimum atomic E-state index is -0.961. The molecule has 1 rings (SSSR count). The Hall–Kier alpha value is -1.06. The Bertz CT molecular complexity index is 185. The number of hydrogen-bond acceptors (Lipinski definition) is 2. The van der Waals surface area contributed by atoms with Crippen molar-refractivity contribution in [2.75, 3.05) is 6.54 Å². The average Bonchev–Trinajstić information content (AvgIpc) is 2.15. The van der Waals surface area contributed by atoms with Gasteiger partial charge in [0.05, 0.1) is 0 Å². The summed E-state index contributed by atoms with van der Waals surface area (Å²) in [5, 5.41) is 10.8. The number of carboxylic acid groups (broad SMARTS) is 1. The second-order valence-electron chi connectivity index (χ2n) is 3.60. The van der Waals surface area contributed by atoms with Crippen LogP contribution in [0, 0.1) is 11.8 Å². The molecule has 1 saturated carbocycles. The maximum absolute atomic E-state index is 10.4. The van der Waals surface area contributed by atoms with Gasteiger partial charge in [0.1, 0.15) is 6.29 Å². The van der Waals surface area contributed by atoms with E-state index in [1.165, 1.54) is 0 Å². The summed E-state index contributed by atoms with van der Waals surface area (Å²) in [5.74, 6) is 0.633. The summed E-state index contributed by atoms with van der Waals surface area (Å²) in [4.78, 5) is 20.6. The van der Waals surface area contributed by atoms with E-state index in [0.29, 0.717) is 12.5 Å². The van der Waals surface area contributed by atoms with Crippen LogP contribution in [0.15, 0.2) is 0 Å². The molecule has 4 heteroatoms. The van der Waals surface area contributed by atoms with Gasteiger partial charge in [-0.2, -0.15) is 0 Å². The predicted molar refractivity (Wildman–Crippen MR) is 47.5 cm³/mol. The van der Waals surface area contributed by atoms with Gasteiger partial charge in [-0.05, 0) is 31.6 Å². The van der Waals surface area contributed by atoms with Crippen LogP contribution in [0.3, 0.4) is 0 Å². The highest BCUT2D eigenvalue weighted by atomic mass is 16.4. The first-order valence-electron chi connectivity index (χ1n) is 4.64. The van der Waals surface area contributed by atoms with Crippen molar-refractivity contribution in [3.8, 4) is 0 Å². The van der Waals surface area contributed by atoms with E-state index in [4.69, 9.17) is 5.11 Å². The van der Waals surface area contributed by atoms with Crippen LogP contribution < -0.4 is 5.32 Å². The van der Waals surface area contributed by atoms with E-state index in [0.717, 1.165) is 32.0 Å². The molecule has 0 atom stereocenters. The molecule has 1 fully saturated rings. The molecule has 0 spiro atoms. The van der Waals surface area contributed by atoms with Crippen molar-refractivity contribution in [3.63, 3.8) is 0 Å². The minimum Gasteiger partial charge on any atom is -0.465 e. The standard InChI is InChI=1S/C9H15NO3/c11-6-8-3-1-7(2-4-8)5-10-9(12)13/h6-8,10H,1-5H2,(H,12,13). The summed E-state index contributed by atoms with van der Waals surface area (Å²) in [6, 6.07) is 0. The zero-order valence-electron chi connectivity index (χ0n) is 7.53. The molecule has 1 aliphatic carbocycles. The molecule has 0 saturated heterocycles. The maximum Gasteiger partial charge on any atom is 0.404 e. The fourth-order valence-electron chi connectivity index (χ4n) is 1.76. The van der Waals surface area contributed by atoms with Crippen LogP contribution in [0.25, 0.3) is 0 Å². The van der Waals surface area contributed by atoms with Gasteiger partial charge in [0, 0.05) is 12.5 Å². The van der Waals surface area contributed by atoms with Crippen LogP contribution in [0.1, 0.15) is 25.7 Å². The highest BCUT2D eigenvalue weighted by Gasteiger charge is 2.20. The Morgan fingerprint density at radius 2 is 2.00 bits per heavy atom. The maximum atomic E-state index is 10.4. The number of aldehydes is 1. The van der Waals surface area contributed by atoms with Gasteiger partial charge in [-0.25, -0.2) is 4.79 Å². The molecule has 0 aliphatic heterocycles. The molecular formula is C9H15NO3. The third kappa shape index (κ3) is 3.44. The first-order valence-corrected chi connectivity index (χ1v) is 4.64. The van der Waals surface area contributed by atoms with Crippen LogP contribution >= 0.6 is 0 Å². The van der Waals surface area contributed by atoms with Crippen molar-refractivity contribution < 1.29 is 14.7 Å². The number of carbonyl (C=O) groups excluding carboxylic acids is 1. The van der Waals surface area contributed by atoms with Crippen molar-refractivity contribution in [1.82, 2.24) is 5.32 Å². The number of amides is 1.